The van der Waals surface area contributed by atoms with Gasteiger partial charge >= 0.3 is 0 Å². The number of carbonyl (C=O) groups excluding carboxylic acids is 1. The van der Waals surface area contributed by atoms with E-state index < -0.39 is 0 Å². The first-order valence-electron chi connectivity index (χ1n) is 7.84. The molecule has 0 aromatic carbocycles. The van der Waals surface area contributed by atoms with E-state index in [0.29, 0.717) is 23.9 Å². The Morgan fingerprint density at radius 1 is 1.43 bits per heavy atom. The summed E-state index contributed by atoms with van der Waals surface area (Å²) in [4.78, 5) is 22.5. The Bertz CT molecular complexity index is 702. The van der Waals surface area contributed by atoms with E-state index in [9.17, 15) is 4.79 Å². The average Bonchev–Trinajstić information content (AvgIpc) is 3.20. The first kappa shape index (κ1) is 14.3. The number of hydrogen-bond acceptors (Lipinski definition) is 6. The summed E-state index contributed by atoms with van der Waals surface area (Å²) in [6.07, 6.45) is 5.22. The maximum Gasteiger partial charge on any atom is 0.276 e. The minimum Gasteiger partial charge on any atom is -0.367 e. The summed E-state index contributed by atoms with van der Waals surface area (Å²) in [5.74, 6) is 1.02. The van der Waals surface area contributed by atoms with Gasteiger partial charge in [0.15, 0.2) is 5.69 Å². The molecule has 2 aliphatic heterocycles. The molecule has 0 saturated carbocycles. The van der Waals surface area contributed by atoms with Gasteiger partial charge in [-0.1, -0.05) is 5.16 Å². The molecule has 2 aromatic heterocycles. The van der Waals surface area contributed by atoms with Gasteiger partial charge in [0, 0.05) is 25.4 Å². The number of likely N-dealkylation sites (tertiary alicyclic amines) is 1. The summed E-state index contributed by atoms with van der Waals surface area (Å²) in [7, 11) is 0. The van der Waals surface area contributed by atoms with E-state index in [1.165, 1.54) is 0 Å². The number of fused-ring (bicyclic) bond motifs is 1. The van der Waals surface area contributed by atoms with Crippen LogP contribution in [-0.4, -0.2) is 45.1 Å². The molecule has 7 heteroatoms. The van der Waals surface area contributed by atoms with Crippen LogP contribution in [0.1, 0.15) is 40.9 Å². The van der Waals surface area contributed by atoms with Gasteiger partial charge in [-0.25, -0.2) is 9.97 Å². The molecule has 0 spiro atoms. The highest BCUT2D eigenvalue weighted by molar-refractivity contribution is 5.92. The predicted molar refractivity (Wildman–Crippen MR) is 79.5 cm³/mol. The lowest BCUT2D eigenvalue weighted by Crippen LogP contribution is -2.45. The minimum absolute atomic E-state index is 0.00246. The van der Waals surface area contributed by atoms with Crippen molar-refractivity contribution < 1.29 is 14.1 Å². The Morgan fingerprint density at radius 3 is 3.09 bits per heavy atom. The van der Waals surface area contributed by atoms with Crippen LogP contribution in [-0.2, 0) is 4.74 Å². The molecule has 0 bridgehead atoms. The first-order chi connectivity index (χ1) is 11.2. The second-order valence-electron chi connectivity index (χ2n) is 6.16. The number of rotatable bonds is 2. The maximum absolute atomic E-state index is 12.5. The third kappa shape index (κ3) is 2.72. The molecule has 0 unspecified atom stereocenters. The van der Waals surface area contributed by atoms with Crippen LogP contribution in [0.5, 0.6) is 0 Å². The highest BCUT2D eigenvalue weighted by atomic mass is 16.5. The molecule has 1 amide bonds. The summed E-state index contributed by atoms with van der Waals surface area (Å²) in [6.45, 7) is 3.10. The molecule has 2 saturated heterocycles. The van der Waals surface area contributed by atoms with Crippen molar-refractivity contribution in [2.45, 2.75) is 32.0 Å². The molecule has 23 heavy (non-hydrogen) atoms. The molecule has 2 aliphatic rings. The smallest absolute Gasteiger partial charge is 0.276 e. The molecule has 120 valence electrons. The van der Waals surface area contributed by atoms with E-state index >= 15 is 0 Å². The number of amides is 1. The second-order valence-corrected chi connectivity index (χ2v) is 6.16. The number of hydrogen-bond donors (Lipinski definition) is 0. The Hall–Kier alpha value is -2.28. The number of carbonyl (C=O) groups is 1. The Balaban J connectivity index is 1.44. The summed E-state index contributed by atoms with van der Waals surface area (Å²) in [6, 6.07) is 3.57. The van der Waals surface area contributed by atoms with Crippen molar-refractivity contribution in [2.75, 3.05) is 13.1 Å². The molecule has 7 nitrogen and oxygen atoms in total. The number of aromatic nitrogens is 3. The second kappa shape index (κ2) is 5.73. The van der Waals surface area contributed by atoms with Crippen LogP contribution in [0.15, 0.2) is 29.2 Å². The lowest BCUT2D eigenvalue weighted by atomic mass is 9.91. The predicted octanol–water partition coefficient (Wildman–Crippen LogP) is 1.77. The zero-order valence-corrected chi connectivity index (χ0v) is 12.9. The van der Waals surface area contributed by atoms with E-state index in [1.807, 2.05) is 6.07 Å². The Morgan fingerprint density at radius 2 is 2.35 bits per heavy atom. The molecule has 2 aromatic rings. The van der Waals surface area contributed by atoms with Crippen molar-refractivity contribution in [1.29, 1.82) is 0 Å². The quantitative estimate of drug-likeness (QED) is 0.840. The number of nitrogens with zero attached hydrogens (tertiary/aromatic N) is 4. The zero-order valence-electron chi connectivity index (χ0n) is 12.9. The normalized spacial score (nSPS) is 27.0. The van der Waals surface area contributed by atoms with Crippen LogP contribution in [0.4, 0.5) is 0 Å². The van der Waals surface area contributed by atoms with Crippen molar-refractivity contribution in [3.05, 3.63) is 41.8 Å². The van der Waals surface area contributed by atoms with Crippen LogP contribution in [0.2, 0.25) is 0 Å². The van der Waals surface area contributed by atoms with E-state index in [2.05, 4.69) is 15.1 Å². The van der Waals surface area contributed by atoms with Crippen LogP contribution >= 0.6 is 0 Å². The number of ether oxygens (including phenoxy) is 1. The van der Waals surface area contributed by atoms with Gasteiger partial charge in [-0.15, -0.1) is 0 Å². The fourth-order valence-electron chi connectivity index (χ4n) is 3.43. The van der Waals surface area contributed by atoms with Crippen molar-refractivity contribution in [3.63, 3.8) is 0 Å². The third-order valence-corrected chi connectivity index (χ3v) is 4.62. The van der Waals surface area contributed by atoms with Crippen LogP contribution in [0, 0.1) is 12.8 Å². The number of piperidine rings is 1. The summed E-state index contributed by atoms with van der Waals surface area (Å²) < 4.78 is 11.1. The maximum atomic E-state index is 12.5. The summed E-state index contributed by atoms with van der Waals surface area (Å²) in [5, 5.41) is 3.81. The molecule has 4 rings (SSSR count). The molecule has 0 N–H and O–H groups in total. The molecule has 0 aliphatic carbocycles. The van der Waals surface area contributed by atoms with E-state index in [4.69, 9.17) is 9.26 Å². The SMILES string of the molecule is Cc1cc(C(=O)N2CC[C@@H]3C[C@@H](c4ccncn4)O[C@H]3C2)no1. The van der Waals surface area contributed by atoms with Crippen LogP contribution in [0.3, 0.4) is 0 Å². The van der Waals surface area contributed by atoms with Crippen molar-refractivity contribution in [1.82, 2.24) is 20.0 Å². The van der Waals surface area contributed by atoms with Crippen LogP contribution < -0.4 is 0 Å². The van der Waals surface area contributed by atoms with E-state index in [0.717, 1.165) is 25.1 Å². The van der Waals surface area contributed by atoms with Gasteiger partial charge in [-0.3, -0.25) is 4.79 Å². The van der Waals surface area contributed by atoms with Gasteiger partial charge in [0.25, 0.3) is 5.91 Å². The van der Waals surface area contributed by atoms with Crippen molar-refractivity contribution >= 4 is 5.91 Å². The fraction of sp³-hybridized carbons (Fsp3) is 0.500. The van der Waals surface area contributed by atoms with Crippen LogP contribution in [0.25, 0.3) is 0 Å². The average molecular weight is 314 g/mol. The Labute approximate surface area is 133 Å². The van der Waals surface area contributed by atoms with Crippen molar-refractivity contribution in [2.24, 2.45) is 5.92 Å². The lowest BCUT2D eigenvalue weighted by molar-refractivity contribution is -0.00590. The first-order valence-corrected chi connectivity index (χ1v) is 7.84. The molecule has 0 radical (unpaired) electrons. The van der Waals surface area contributed by atoms with E-state index in [1.54, 1.807) is 30.4 Å². The molecule has 3 atom stereocenters. The summed E-state index contributed by atoms with van der Waals surface area (Å²) >= 11 is 0. The molecular formula is C16H18N4O3. The van der Waals surface area contributed by atoms with Gasteiger partial charge in [0.05, 0.1) is 11.8 Å². The third-order valence-electron chi connectivity index (χ3n) is 4.62. The van der Waals surface area contributed by atoms with Gasteiger partial charge in [-0.2, -0.15) is 0 Å². The monoisotopic (exact) mass is 314 g/mol. The standard InChI is InChI=1S/C16H18N4O3/c1-10-6-13(19-23-10)16(21)20-5-3-11-7-14(22-15(11)8-20)12-2-4-17-9-18-12/h2,4,6,9,11,14-15H,3,5,7-8H2,1H3/t11-,14+,15+/m1/s1. The highest BCUT2D eigenvalue weighted by Gasteiger charge is 2.41. The van der Waals surface area contributed by atoms with Gasteiger partial charge < -0.3 is 14.2 Å². The lowest BCUT2D eigenvalue weighted by Gasteiger charge is -2.33. The molecule has 2 fully saturated rings. The van der Waals surface area contributed by atoms with Gasteiger partial charge in [-0.05, 0) is 31.7 Å². The Kier molecular flexibility index (Phi) is 3.57. The topological polar surface area (TPSA) is 81.4 Å². The largest absolute Gasteiger partial charge is 0.367 e. The minimum atomic E-state index is -0.0885. The van der Waals surface area contributed by atoms with Gasteiger partial charge in [0.1, 0.15) is 18.2 Å². The molecule has 4 heterocycles. The van der Waals surface area contributed by atoms with Crippen molar-refractivity contribution in [3.8, 4) is 0 Å². The van der Waals surface area contributed by atoms with E-state index in [-0.39, 0.29) is 18.1 Å². The highest BCUT2D eigenvalue weighted by Crippen LogP contribution is 2.40. The number of aryl methyl sites for hydroxylation is 1. The zero-order chi connectivity index (χ0) is 15.8. The summed E-state index contributed by atoms with van der Waals surface area (Å²) in [5.41, 5.74) is 1.28. The van der Waals surface area contributed by atoms with Gasteiger partial charge in [0.2, 0.25) is 0 Å². The fourth-order valence-corrected chi connectivity index (χ4v) is 3.43. The molecular weight excluding hydrogens is 296 g/mol.